The Bertz CT molecular complexity index is 634. The van der Waals surface area contributed by atoms with Crippen LogP contribution in [0, 0.1) is 0 Å². The molecule has 0 saturated heterocycles. The summed E-state index contributed by atoms with van der Waals surface area (Å²) in [7, 11) is 0. The van der Waals surface area contributed by atoms with Crippen molar-refractivity contribution in [1.82, 2.24) is 31.5 Å². The number of rotatable bonds is 24. The Morgan fingerprint density at radius 2 is 0.974 bits per heavy atom. The molecule has 0 aliphatic rings. The second kappa shape index (κ2) is 22.7. The zero-order valence-corrected chi connectivity index (χ0v) is 24.3. The molecular weight excluding hydrogens is 488 g/mol. The Morgan fingerprint density at radius 1 is 0.553 bits per heavy atom. The lowest BCUT2D eigenvalue weighted by Crippen LogP contribution is -2.56. The van der Waals surface area contributed by atoms with Gasteiger partial charge in [-0.3, -0.25) is 24.1 Å². The van der Waals surface area contributed by atoms with Gasteiger partial charge in [0.15, 0.2) is 0 Å². The highest BCUT2D eigenvalue weighted by Gasteiger charge is 2.27. The van der Waals surface area contributed by atoms with Crippen LogP contribution < -0.4 is 32.3 Å². The van der Waals surface area contributed by atoms with Crippen LogP contribution in [-0.2, 0) is 19.2 Å². The summed E-state index contributed by atoms with van der Waals surface area (Å²) in [6.45, 7) is 17.1. The van der Waals surface area contributed by atoms with E-state index >= 15 is 0 Å². The average molecular weight is 544 g/mol. The molecular formula is C26H55N8O4+. The zero-order chi connectivity index (χ0) is 28.7. The highest BCUT2D eigenvalue weighted by molar-refractivity contribution is 5.73. The van der Waals surface area contributed by atoms with Crippen molar-refractivity contribution in [2.24, 2.45) is 5.73 Å². The summed E-state index contributed by atoms with van der Waals surface area (Å²) >= 11 is 0. The Labute approximate surface area is 229 Å². The van der Waals surface area contributed by atoms with E-state index in [1.165, 1.54) is 27.7 Å². The molecule has 0 radical (unpaired) electrons. The predicted molar refractivity (Wildman–Crippen MR) is 151 cm³/mol. The lowest BCUT2D eigenvalue weighted by atomic mass is 10.2. The standard InChI is InChI=1S/C26H54N8O4/c1-23(35)29-10-5-16-33(17-6-11-30-24(2)36)18-22-34(21-15-28-14-9-27,19-7-12-31-25(3)37)20-8-13-32-26(4)38/h28H,5-22,27H2,1-4H3,(H3-,29,30,31,32,35,36,37,38)/p+1. The number of amides is 4. The number of nitrogens with two attached hydrogens (primary N) is 1. The minimum absolute atomic E-state index is 0.0251. The average Bonchev–Trinajstić information content (AvgIpc) is 2.84. The van der Waals surface area contributed by atoms with E-state index in [1.54, 1.807) is 0 Å². The van der Waals surface area contributed by atoms with Gasteiger partial charge in [-0.1, -0.05) is 0 Å². The van der Waals surface area contributed by atoms with Crippen molar-refractivity contribution in [2.75, 3.05) is 91.6 Å². The second-order valence-corrected chi connectivity index (χ2v) is 9.96. The number of carbonyl (C=O) groups excluding carboxylic acids is 4. The maximum Gasteiger partial charge on any atom is 0.216 e. The van der Waals surface area contributed by atoms with Crippen molar-refractivity contribution < 1.29 is 23.7 Å². The van der Waals surface area contributed by atoms with Crippen molar-refractivity contribution in [1.29, 1.82) is 0 Å². The first kappa shape index (κ1) is 35.7. The van der Waals surface area contributed by atoms with Crippen LogP contribution in [-0.4, -0.2) is 125 Å². The van der Waals surface area contributed by atoms with Crippen LogP contribution >= 0.6 is 0 Å². The molecule has 38 heavy (non-hydrogen) atoms. The summed E-state index contributed by atoms with van der Waals surface area (Å²) in [4.78, 5) is 47.7. The van der Waals surface area contributed by atoms with Crippen molar-refractivity contribution in [3.8, 4) is 0 Å². The van der Waals surface area contributed by atoms with Crippen LogP contribution in [0.15, 0.2) is 0 Å². The summed E-state index contributed by atoms with van der Waals surface area (Å²) in [5, 5.41) is 15.0. The molecule has 0 atom stereocenters. The number of carbonyl (C=O) groups is 4. The van der Waals surface area contributed by atoms with Crippen molar-refractivity contribution in [3.05, 3.63) is 0 Å². The molecule has 0 rings (SSSR count). The summed E-state index contributed by atoms with van der Waals surface area (Å²) < 4.78 is 0.866. The van der Waals surface area contributed by atoms with Gasteiger partial charge in [0.05, 0.1) is 26.2 Å². The zero-order valence-electron chi connectivity index (χ0n) is 24.3. The fraction of sp³-hybridized carbons (Fsp3) is 0.846. The number of hydrogen-bond donors (Lipinski definition) is 6. The van der Waals surface area contributed by atoms with E-state index in [0.717, 1.165) is 89.1 Å². The van der Waals surface area contributed by atoms with Crippen LogP contribution in [0.3, 0.4) is 0 Å². The van der Waals surface area contributed by atoms with Gasteiger partial charge in [-0.25, -0.2) is 0 Å². The molecule has 0 saturated carbocycles. The van der Waals surface area contributed by atoms with E-state index in [2.05, 4.69) is 31.5 Å². The van der Waals surface area contributed by atoms with E-state index in [-0.39, 0.29) is 23.6 Å². The summed E-state index contributed by atoms with van der Waals surface area (Å²) in [6, 6.07) is 0. The van der Waals surface area contributed by atoms with Gasteiger partial charge in [0.1, 0.15) is 0 Å². The monoisotopic (exact) mass is 543 g/mol. The molecule has 222 valence electrons. The highest BCUT2D eigenvalue weighted by Crippen LogP contribution is 2.11. The third-order valence-corrected chi connectivity index (χ3v) is 6.39. The molecule has 0 bridgehead atoms. The van der Waals surface area contributed by atoms with Gasteiger partial charge in [0.2, 0.25) is 23.6 Å². The molecule has 0 aliphatic heterocycles. The normalized spacial score (nSPS) is 11.3. The topological polar surface area (TPSA) is 158 Å². The van der Waals surface area contributed by atoms with Crippen LogP contribution in [0.1, 0.15) is 53.4 Å². The van der Waals surface area contributed by atoms with Crippen LogP contribution in [0.25, 0.3) is 0 Å². The first-order chi connectivity index (χ1) is 18.1. The third-order valence-electron chi connectivity index (χ3n) is 6.39. The van der Waals surface area contributed by atoms with Gasteiger partial charge >= 0.3 is 0 Å². The molecule has 0 aliphatic carbocycles. The molecule has 0 fully saturated rings. The van der Waals surface area contributed by atoms with Gasteiger partial charge < -0.3 is 36.8 Å². The molecule has 4 amide bonds. The molecule has 0 unspecified atom stereocenters. The van der Waals surface area contributed by atoms with Crippen LogP contribution in [0.4, 0.5) is 0 Å². The minimum atomic E-state index is -0.0267. The molecule has 0 spiro atoms. The Morgan fingerprint density at radius 3 is 1.37 bits per heavy atom. The van der Waals surface area contributed by atoms with Gasteiger partial charge in [-0.2, -0.15) is 0 Å². The van der Waals surface area contributed by atoms with Gasteiger partial charge in [-0.15, -0.1) is 0 Å². The quantitative estimate of drug-likeness (QED) is 0.0656. The van der Waals surface area contributed by atoms with Crippen LogP contribution in [0.5, 0.6) is 0 Å². The lowest BCUT2D eigenvalue weighted by molar-refractivity contribution is -0.926. The number of nitrogens with zero attached hydrogens (tertiary/aromatic N) is 2. The number of hydrogen-bond acceptors (Lipinski definition) is 7. The van der Waals surface area contributed by atoms with Crippen molar-refractivity contribution in [3.63, 3.8) is 0 Å². The number of quaternary nitrogens is 1. The van der Waals surface area contributed by atoms with E-state index in [0.29, 0.717) is 32.7 Å². The Hall–Kier alpha value is -2.28. The fourth-order valence-electron chi connectivity index (χ4n) is 4.40. The SMILES string of the molecule is CC(=O)NCCCN(CCCNC(C)=O)CC[N+](CCCNC(C)=O)(CCCNC(C)=O)CCNCCN. The van der Waals surface area contributed by atoms with E-state index in [4.69, 9.17) is 5.73 Å². The predicted octanol–water partition coefficient (Wildman–Crippen LogP) is -1.24. The summed E-state index contributed by atoms with van der Waals surface area (Å²) in [6.07, 6.45) is 3.43. The minimum Gasteiger partial charge on any atom is -0.356 e. The van der Waals surface area contributed by atoms with E-state index in [1.807, 2.05) is 0 Å². The highest BCUT2D eigenvalue weighted by atomic mass is 16.2. The first-order valence-electron chi connectivity index (χ1n) is 14.1. The maximum absolute atomic E-state index is 11.4. The summed E-state index contributed by atoms with van der Waals surface area (Å²) in [5.74, 6) is -0.104. The van der Waals surface area contributed by atoms with Gasteiger partial charge in [-0.05, 0) is 12.8 Å². The Balaban J connectivity index is 5.42. The third kappa shape index (κ3) is 21.8. The molecule has 0 aromatic rings. The molecule has 0 aromatic carbocycles. The molecule has 12 heteroatoms. The largest absolute Gasteiger partial charge is 0.356 e. The van der Waals surface area contributed by atoms with E-state index in [9.17, 15) is 19.2 Å². The summed E-state index contributed by atoms with van der Waals surface area (Å²) in [5.41, 5.74) is 5.68. The van der Waals surface area contributed by atoms with Crippen molar-refractivity contribution >= 4 is 23.6 Å². The second-order valence-electron chi connectivity index (χ2n) is 9.96. The molecule has 0 heterocycles. The smallest absolute Gasteiger partial charge is 0.216 e. The molecule has 12 nitrogen and oxygen atoms in total. The molecule has 0 aromatic heterocycles. The van der Waals surface area contributed by atoms with Gasteiger partial charge in [0, 0.05) is 106 Å². The Kier molecular flexibility index (Phi) is 21.3. The maximum atomic E-state index is 11.4. The fourth-order valence-corrected chi connectivity index (χ4v) is 4.40. The van der Waals surface area contributed by atoms with Gasteiger partial charge in [0.25, 0.3) is 0 Å². The van der Waals surface area contributed by atoms with Crippen molar-refractivity contribution in [2.45, 2.75) is 53.4 Å². The molecule has 7 N–H and O–H groups in total. The van der Waals surface area contributed by atoms with E-state index < -0.39 is 0 Å². The lowest BCUT2D eigenvalue weighted by Gasteiger charge is -2.41. The van der Waals surface area contributed by atoms with Crippen LogP contribution in [0.2, 0.25) is 0 Å². The first-order valence-corrected chi connectivity index (χ1v) is 14.1. The number of nitrogens with one attached hydrogen (secondary N) is 5.